The summed E-state index contributed by atoms with van der Waals surface area (Å²) < 4.78 is 30.1. The van der Waals surface area contributed by atoms with Gasteiger partial charge in [0.15, 0.2) is 11.6 Å². The van der Waals surface area contributed by atoms with Crippen LogP contribution < -0.4 is 9.47 Å². The van der Waals surface area contributed by atoms with Crippen molar-refractivity contribution in [1.82, 2.24) is 20.2 Å². The number of halogens is 2. The van der Waals surface area contributed by atoms with Gasteiger partial charge in [0, 0.05) is 36.7 Å². The molecule has 0 saturated heterocycles. The van der Waals surface area contributed by atoms with Crippen LogP contribution in [0.2, 0.25) is 5.02 Å². The summed E-state index contributed by atoms with van der Waals surface area (Å²) in [5.74, 6) is 0.627. The molecule has 0 amide bonds. The van der Waals surface area contributed by atoms with E-state index in [0.29, 0.717) is 51.9 Å². The van der Waals surface area contributed by atoms with Gasteiger partial charge in [0.1, 0.15) is 22.3 Å². The van der Waals surface area contributed by atoms with Crippen molar-refractivity contribution in [2.24, 2.45) is 5.41 Å². The molecule has 1 aliphatic rings. The molecular formula is C30H22ClFN4O5. The first-order valence-electron chi connectivity index (χ1n) is 12.7. The zero-order valence-electron chi connectivity index (χ0n) is 21.8. The number of benzene rings is 2. The van der Waals surface area contributed by atoms with Gasteiger partial charge in [-0.3, -0.25) is 14.6 Å². The van der Waals surface area contributed by atoms with Crippen molar-refractivity contribution in [3.8, 4) is 28.8 Å². The Labute approximate surface area is 238 Å². The molecule has 1 fully saturated rings. The molecule has 0 radical (unpaired) electrons. The van der Waals surface area contributed by atoms with Gasteiger partial charge in [-0.1, -0.05) is 23.7 Å². The SMILES string of the molecule is COc1cc2nccc(Oc3ncc(CC(=O)C4(C(=O)Cc5ccc(F)cc5)CC4)cc3Cl)c2cc1-c1nnco1. The lowest BCUT2D eigenvalue weighted by atomic mass is 9.88. The molecule has 1 saturated carbocycles. The lowest BCUT2D eigenvalue weighted by molar-refractivity contribution is -0.133. The molecular weight excluding hydrogens is 551 g/mol. The van der Waals surface area contributed by atoms with Crippen molar-refractivity contribution in [1.29, 1.82) is 0 Å². The highest BCUT2D eigenvalue weighted by Crippen LogP contribution is 2.49. The number of nitrogens with zero attached hydrogens (tertiary/aromatic N) is 4. The number of hydrogen-bond donors (Lipinski definition) is 0. The zero-order valence-corrected chi connectivity index (χ0v) is 22.5. The van der Waals surface area contributed by atoms with Crippen LogP contribution in [0.5, 0.6) is 17.4 Å². The van der Waals surface area contributed by atoms with Gasteiger partial charge in [-0.2, -0.15) is 0 Å². The summed E-state index contributed by atoms with van der Waals surface area (Å²) >= 11 is 6.52. The van der Waals surface area contributed by atoms with E-state index in [4.69, 9.17) is 25.5 Å². The minimum Gasteiger partial charge on any atom is -0.496 e. The fraction of sp³-hybridized carbons (Fsp3) is 0.200. The molecule has 9 nitrogen and oxygen atoms in total. The minimum absolute atomic E-state index is 0.00762. The van der Waals surface area contributed by atoms with Gasteiger partial charge >= 0.3 is 0 Å². The van der Waals surface area contributed by atoms with Crippen LogP contribution in [0, 0.1) is 11.2 Å². The van der Waals surface area contributed by atoms with E-state index in [1.807, 2.05) is 0 Å². The Kier molecular flexibility index (Phi) is 6.92. The van der Waals surface area contributed by atoms with Crippen LogP contribution in [0.3, 0.4) is 0 Å². The number of methoxy groups -OCH3 is 1. The predicted octanol–water partition coefficient (Wildman–Crippen LogP) is 5.98. The van der Waals surface area contributed by atoms with E-state index in [2.05, 4.69) is 20.2 Å². The first kappa shape index (κ1) is 26.5. The van der Waals surface area contributed by atoms with Gasteiger partial charge < -0.3 is 13.9 Å². The van der Waals surface area contributed by atoms with Gasteiger partial charge in [-0.05, 0) is 54.3 Å². The maximum atomic E-state index is 13.2. The van der Waals surface area contributed by atoms with E-state index in [0.717, 1.165) is 0 Å². The first-order chi connectivity index (χ1) is 19.9. The molecule has 3 heterocycles. The summed E-state index contributed by atoms with van der Waals surface area (Å²) in [5, 5.41) is 8.53. The fourth-order valence-electron chi connectivity index (χ4n) is 4.75. The van der Waals surface area contributed by atoms with Crippen molar-refractivity contribution in [2.75, 3.05) is 7.11 Å². The molecule has 0 N–H and O–H groups in total. The molecule has 0 bridgehead atoms. The van der Waals surface area contributed by atoms with E-state index >= 15 is 0 Å². The van der Waals surface area contributed by atoms with Crippen molar-refractivity contribution in [3.63, 3.8) is 0 Å². The molecule has 5 aromatic rings. The van der Waals surface area contributed by atoms with Gasteiger partial charge in [-0.15, -0.1) is 10.2 Å². The van der Waals surface area contributed by atoms with Gasteiger partial charge in [0.25, 0.3) is 5.89 Å². The molecule has 0 atom stereocenters. The molecule has 0 aliphatic heterocycles. The van der Waals surface area contributed by atoms with Crippen LogP contribution in [0.15, 0.2) is 71.7 Å². The number of Topliss-reactive ketones (excluding diaryl/α,β-unsaturated/α-hetero) is 2. The molecule has 0 unspecified atom stereocenters. The normalized spacial score (nSPS) is 13.6. The zero-order chi connectivity index (χ0) is 28.6. The summed E-state index contributed by atoms with van der Waals surface area (Å²) in [6.07, 6.45) is 5.41. The topological polar surface area (TPSA) is 117 Å². The second-order valence-corrected chi connectivity index (χ2v) is 10.2. The number of rotatable bonds is 10. The quantitative estimate of drug-likeness (QED) is 0.186. The van der Waals surface area contributed by atoms with Crippen molar-refractivity contribution >= 4 is 34.1 Å². The summed E-state index contributed by atoms with van der Waals surface area (Å²) in [6, 6.07) is 12.5. The summed E-state index contributed by atoms with van der Waals surface area (Å²) in [6.45, 7) is 0. The predicted molar refractivity (Wildman–Crippen MR) is 146 cm³/mol. The number of carbonyl (C=O) groups excluding carboxylic acids is 2. The Morgan fingerprint density at radius 1 is 1.00 bits per heavy atom. The molecule has 11 heteroatoms. The lowest BCUT2D eigenvalue weighted by Crippen LogP contribution is -2.29. The van der Waals surface area contributed by atoms with E-state index < -0.39 is 5.41 Å². The molecule has 2 aromatic carbocycles. The van der Waals surface area contributed by atoms with E-state index in [1.54, 1.807) is 42.6 Å². The van der Waals surface area contributed by atoms with Crippen molar-refractivity contribution < 1.29 is 27.9 Å². The van der Waals surface area contributed by atoms with Crippen LogP contribution in [-0.2, 0) is 22.4 Å². The highest BCUT2D eigenvalue weighted by molar-refractivity contribution is 6.32. The number of hydrogen-bond acceptors (Lipinski definition) is 9. The van der Waals surface area contributed by atoms with Crippen molar-refractivity contribution in [3.05, 3.63) is 89.3 Å². The summed E-state index contributed by atoms with van der Waals surface area (Å²) in [7, 11) is 1.53. The Hall–Kier alpha value is -4.70. The third-order valence-corrected chi connectivity index (χ3v) is 7.41. The Morgan fingerprint density at radius 2 is 1.76 bits per heavy atom. The third-order valence-electron chi connectivity index (χ3n) is 7.14. The molecule has 0 spiro atoms. The maximum absolute atomic E-state index is 13.2. The summed E-state index contributed by atoms with van der Waals surface area (Å²) in [5.41, 5.74) is 1.39. The van der Waals surface area contributed by atoms with Crippen LogP contribution in [0.4, 0.5) is 4.39 Å². The highest BCUT2D eigenvalue weighted by Gasteiger charge is 2.54. The average Bonchev–Trinajstić information content (AvgIpc) is 3.62. The number of fused-ring (bicyclic) bond motifs is 1. The lowest BCUT2D eigenvalue weighted by Gasteiger charge is -2.14. The maximum Gasteiger partial charge on any atom is 0.251 e. The average molecular weight is 573 g/mol. The third kappa shape index (κ3) is 5.26. The first-order valence-corrected chi connectivity index (χ1v) is 13.1. The van der Waals surface area contributed by atoms with Crippen LogP contribution >= 0.6 is 11.6 Å². The second kappa shape index (κ2) is 10.7. The number of ether oxygens (including phenoxy) is 2. The van der Waals surface area contributed by atoms with E-state index in [9.17, 15) is 14.0 Å². The molecule has 3 aromatic heterocycles. The highest BCUT2D eigenvalue weighted by atomic mass is 35.5. The van der Waals surface area contributed by atoms with E-state index in [-0.39, 0.29) is 47.0 Å². The Bertz CT molecular complexity index is 1770. The van der Waals surface area contributed by atoms with Crippen LogP contribution in [-0.4, -0.2) is 38.8 Å². The van der Waals surface area contributed by atoms with Gasteiger partial charge in [-0.25, -0.2) is 9.37 Å². The van der Waals surface area contributed by atoms with Crippen molar-refractivity contribution in [2.45, 2.75) is 25.7 Å². The molecule has 6 rings (SSSR count). The number of aromatic nitrogens is 4. The summed E-state index contributed by atoms with van der Waals surface area (Å²) in [4.78, 5) is 34.9. The number of ketones is 2. The Balaban J connectivity index is 1.20. The van der Waals surface area contributed by atoms with Crippen LogP contribution in [0.25, 0.3) is 22.4 Å². The minimum atomic E-state index is -1.01. The van der Waals surface area contributed by atoms with Gasteiger partial charge in [0.05, 0.1) is 23.6 Å². The molecule has 206 valence electrons. The van der Waals surface area contributed by atoms with Gasteiger partial charge in [0.2, 0.25) is 12.3 Å². The number of carbonyl (C=O) groups is 2. The number of pyridine rings is 2. The Morgan fingerprint density at radius 3 is 2.41 bits per heavy atom. The molecule has 1 aliphatic carbocycles. The largest absolute Gasteiger partial charge is 0.496 e. The second-order valence-electron chi connectivity index (χ2n) is 9.76. The molecule has 41 heavy (non-hydrogen) atoms. The fourth-order valence-corrected chi connectivity index (χ4v) is 4.98. The monoisotopic (exact) mass is 572 g/mol. The standard InChI is InChI=1S/C30H22ClFN4O5/c1-39-25-14-23-20(13-21(25)28-36-35-16-40-28)24(6-9-33-23)41-29-22(31)10-18(15-34-29)12-27(38)30(7-8-30)26(37)11-17-2-4-19(32)5-3-17/h2-6,9-10,13-16H,7-8,11-12H2,1H3. The smallest absolute Gasteiger partial charge is 0.251 e. The van der Waals surface area contributed by atoms with E-state index in [1.165, 1.54) is 31.8 Å². The van der Waals surface area contributed by atoms with Crippen LogP contribution in [0.1, 0.15) is 24.0 Å².